The Labute approximate surface area is 301 Å². The number of nitrogens with one attached hydrogen (secondary N) is 1. The molecule has 0 saturated heterocycles. The minimum Gasteiger partial charge on any atom is -0.341 e. The molecule has 4 nitrogen and oxygen atoms in total. The van der Waals surface area contributed by atoms with Crippen molar-refractivity contribution in [3.05, 3.63) is 0 Å². The van der Waals surface area contributed by atoms with E-state index in [4.69, 9.17) is 4.84 Å². The SMILES string of the molecule is CCCCCCCCCCCCCCCCCCCCCC(=O)NOC(=O)CCCCCCCCCCCCCCCCCCCCC. The summed E-state index contributed by atoms with van der Waals surface area (Å²) in [4.78, 5) is 28.9. The Hall–Kier alpha value is -1.06. The first-order valence-electron chi connectivity index (χ1n) is 22.2. The molecule has 0 aliphatic rings. The zero-order valence-corrected chi connectivity index (χ0v) is 33.0. The summed E-state index contributed by atoms with van der Waals surface area (Å²) in [7, 11) is 0. The maximum absolute atomic E-state index is 12.0. The van der Waals surface area contributed by atoms with Crippen molar-refractivity contribution in [2.75, 3.05) is 0 Å². The number of unbranched alkanes of at least 4 members (excludes halogenated alkanes) is 36. The zero-order valence-electron chi connectivity index (χ0n) is 33.0. The maximum atomic E-state index is 12.0. The molecule has 1 amide bonds. The summed E-state index contributed by atoms with van der Waals surface area (Å²) in [6.07, 6.45) is 51.9. The van der Waals surface area contributed by atoms with Crippen molar-refractivity contribution >= 4 is 11.9 Å². The Morgan fingerprint density at radius 1 is 0.312 bits per heavy atom. The number of rotatable bonds is 40. The summed E-state index contributed by atoms with van der Waals surface area (Å²) >= 11 is 0. The van der Waals surface area contributed by atoms with Crippen LogP contribution in [0.3, 0.4) is 0 Å². The van der Waals surface area contributed by atoms with Crippen molar-refractivity contribution in [2.45, 2.75) is 271 Å². The van der Waals surface area contributed by atoms with Gasteiger partial charge in [0, 0.05) is 12.8 Å². The molecule has 0 aromatic rings. The molecule has 4 heteroatoms. The molecule has 1 N–H and O–H groups in total. The lowest BCUT2D eigenvalue weighted by molar-refractivity contribution is -0.158. The molecule has 0 unspecified atom stereocenters. The fourth-order valence-corrected chi connectivity index (χ4v) is 6.93. The molecule has 0 rings (SSSR count). The summed E-state index contributed by atoms with van der Waals surface area (Å²) in [5.74, 6) is -0.466. The average molecular weight is 678 g/mol. The minimum atomic E-state index is -0.302. The highest BCUT2D eigenvalue weighted by molar-refractivity contribution is 5.77. The second-order valence-corrected chi connectivity index (χ2v) is 15.2. The van der Waals surface area contributed by atoms with Crippen molar-refractivity contribution in [2.24, 2.45) is 0 Å². The first-order valence-corrected chi connectivity index (χ1v) is 22.2. The third kappa shape index (κ3) is 41.1. The Kier molecular flexibility index (Phi) is 41.2. The Balaban J connectivity index is 3.25. The third-order valence-electron chi connectivity index (χ3n) is 10.3. The van der Waals surface area contributed by atoms with Crippen molar-refractivity contribution in [1.29, 1.82) is 0 Å². The van der Waals surface area contributed by atoms with Crippen LogP contribution in [-0.2, 0) is 14.4 Å². The average Bonchev–Trinajstić information content (AvgIpc) is 3.09. The van der Waals surface area contributed by atoms with E-state index in [1.807, 2.05) is 0 Å². The first-order chi connectivity index (χ1) is 23.7. The van der Waals surface area contributed by atoms with Gasteiger partial charge < -0.3 is 4.84 Å². The molecule has 0 heterocycles. The van der Waals surface area contributed by atoms with Crippen LogP contribution in [0.1, 0.15) is 271 Å². The molecule has 0 atom stereocenters. The molecule has 0 aromatic carbocycles. The van der Waals surface area contributed by atoms with E-state index < -0.39 is 0 Å². The van der Waals surface area contributed by atoms with E-state index in [-0.39, 0.29) is 11.9 Å². The third-order valence-corrected chi connectivity index (χ3v) is 10.3. The predicted octanol–water partition coefficient (Wildman–Crippen LogP) is 15.2. The maximum Gasteiger partial charge on any atom is 0.332 e. The summed E-state index contributed by atoms with van der Waals surface area (Å²) in [6, 6.07) is 0. The van der Waals surface area contributed by atoms with Gasteiger partial charge in [0.05, 0.1) is 0 Å². The summed E-state index contributed by atoms with van der Waals surface area (Å²) < 4.78 is 0. The second-order valence-electron chi connectivity index (χ2n) is 15.2. The van der Waals surface area contributed by atoms with Gasteiger partial charge in [0.2, 0.25) is 0 Å². The molecule has 0 aromatic heterocycles. The molecule has 286 valence electrons. The van der Waals surface area contributed by atoms with Crippen molar-refractivity contribution in [3.8, 4) is 0 Å². The van der Waals surface area contributed by atoms with Gasteiger partial charge in [-0.05, 0) is 12.8 Å². The van der Waals surface area contributed by atoms with Crippen LogP contribution in [0.2, 0.25) is 0 Å². The molecule has 48 heavy (non-hydrogen) atoms. The highest BCUT2D eigenvalue weighted by atomic mass is 16.7. The van der Waals surface area contributed by atoms with Crippen LogP contribution in [0.15, 0.2) is 0 Å². The highest BCUT2D eigenvalue weighted by Gasteiger charge is 2.07. The van der Waals surface area contributed by atoms with Crippen molar-refractivity contribution in [3.63, 3.8) is 0 Å². The quantitative estimate of drug-likeness (QED) is 0.0519. The van der Waals surface area contributed by atoms with E-state index in [1.165, 1.54) is 218 Å². The molecule has 0 saturated carbocycles. The van der Waals surface area contributed by atoms with Gasteiger partial charge in [-0.1, -0.05) is 245 Å². The topological polar surface area (TPSA) is 55.4 Å². The van der Waals surface area contributed by atoms with E-state index in [0.717, 1.165) is 25.7 Å². The molecule has 0 aliphatic carbocycles. The van der Waals surface area contributed by atoms with E-state index in [2.05, 4.69) is 19.3 Å². The van der Waals surface area contributed by atoms with Gasteiger partial charge in [0.1, 0.15) is 0 Å². The lowest BCUT2D eigenvalue weighted by atomic mass is 10.0. The molecular formula is C44H87NO3. The number of carbonyl (C=O) groups is 2. The molecule has 0 aliphatic heterocycles. The Morgan fingerprint density at radius 3 is 0.771 bits per heavy atom. The lowest BCUT2D eigenvalue weighted by Gasteiger charge is -2.06. The summed E-state index contributed by atoms with van der Waals surface area (Å²) in [6.45, 7) is 4.58. The second kappa shape index (κ2) is 42.1. The van der Waals surface area contributed by atoms with Crippen LogP contribution in [-0.4, -0.2) is 11.9 Å². The minimum absolute atomic E-state index is 0.163. The summed E-state index contributed by atoms with van der Waals surface area (Å²) in [5, 5.41) is 0. The van der Waals surface area contributed by atoms with Crippen LogP contribution in [0.5, 0.6) is 0 Å². The number of hydrogen-bond acceptors (Lipinski definition) is 3. The standard InChI is InChI=1S/C44H87NO3/c1-3-5-7-9-11-13-15-17-19-21-23-25-27-29-31-33-35-37-39-41-43(46)45-48-44(47)42-40-38-36-34-32-30-28-26-24-22-20-18-16-14-12-10-8-6-4-2/h3-42H2,1-2H3,(H,45,46). The van der Waals surface area contributed by atoms with Gasteiger partial charge in [-0.3, -0.25) is 4.79 Å². The molecule has 0 radical (unpaired) electrons. The van der Waals surface area contributed by atoms with Gasteiger partial charge in [0.15, 0.2) is 0 Å². The largest absolute Gasteiger partial charge is 0.341 e. The van der Waals surface area contributed by atoms with E-state index >= 15 is 0 Å². The van der Waals surface area contributed by atoms with Crippen molar-refractivity contribution in [1.82, 2.24) is 5.48 Å². The van der Waals surface area contributed by atoms with Gasteiger partial charge in [-0.25, -0.2) is 4.79 Å². The van der Waals surface area contributed by atoms with Gasteiger partial charge in [-0.2, -0.15) is 5.48 Å². The number of carbonyl (C=O) groups excluding carboxylic acids is 2. The molecular weight excluding hydrogens is 590 g/mol. The Morgan fingerprint density at radius 2 is 0.521 bits per heavy atom. The van der Waals surface area contributed by atoms with Crippen molar-refractivity contribution < 1.29 is 14.4 Å². The predicted molar refractivity (Wildman–Crippen MR) is 210 cm³/mol. The van der Waals surface area contributed by atoms with E-state index in [1.54, 1.807) is 0 Å². The molecule has 0 bridgehead atoms. The molecule has 0 spiro atoms. The monoisotopic (exact) mass is 678 g/mol. The first kappa shape index (κ1) is 46.9. The fourth-order valence-electron chi connectivity index (χ4n) is 6.93. The smallest absolute Gasteiger partial charge is 0.332 e. The summed E-state index contributed by atoms with van der Waals surface area (Å²) in [5.41, 5.74) is 2.36. The number of hydrogen-bond donors (Lipinski definition) is 1. The normalized spacial score (nSPS) is 11.3. The van der Waals surface area contributed by atoms with Gasteiger partial charge in [-0.15, -0.1) is 0 Å². The van der Waals surface area contributed by atoms with Gasteiger partial charge in [0.25, 0.3) is 5.91 Å². The zero-order chi connectivity index (χ0) is 34.9. The Bertz CT molecular complexity index is 583. The van der Waals surface area contributed by atoms with E-state index in [0.29, 0.717) is 12.8 Å². The van der Waals surface area contributed by atoms with Gasteiger partial charge >= 0.3 is 5.97 Å². The highest BCUT2D eigenvalue weighted by Crippen LogP contribution is 2.16. The number of hydroxylamine groups is 1. The fraction of sp³-hybridized carbons (Fsp3) is 0.955. The van der Waals surface area contributed by atoms with Crippen LogP contribution >= 0.6 is 0 Å². The van der Waals surface area contributed by atoms with Crippen LogP contribution in [0.4, 0.5) is 0 Å². The van der Waals surface area contributed by atoms with E-state index in [9.17, 15) is 9.59 Å². The van der Waals surface area contributed by atoms with Crippen LogP contribution in [0, 0.1) is 0 Å². The van der Waals surface area contributed by atoms with Crippen LogP contribution in [0.25, 0.3) is 0 Å². The molecule has 0 fully saturated rings. The van der Waals surface area contributed by atoms with Crippen LogP contribution < -0.4 is 5.48 Å². The lowest BCUT2D eigenvalue weighted by Crippen LogP contribution is -2.26. The number of amides is 1.